The number of alkyl halides is 3. The first kappa shape index (κ1) is 18.2. The Kier molecular flexibility index (Phi) is 4.62. The smallest absolute Gasteiger partial charge is 0.433 e. The summed E-state index contributed by atoms with van der Waals surface area (Å²) >= 11 is 6.08. The second-order valence-electron chi connectivity index (χ2n) is 5.51. The molecule has 3 aromatic rings. The average Bonchev–Trinajstić information content (AvgIpc) is 2.91. The van der Waals surface area contributed by atoms with Crippen molar-refractivity contribution in [3.63, 3.8) is 0 Å². The molecular weight excluding hydrogens is 371 g/mol. The van der Waals surface area contributed by atoms with Crippen molar-refractivity contribution in [2.75, 3.05) is 6.61 Å². The molecule has 0 aliphatic heterocycles. The Morgan fingerprint density at radius 3 is 2.50 bits per heavy atom. The van der Waals surface area contributed by atoms with Crippen molar-refractivity contribution in [3.05, 3.63) is 52.3 Å². The topological polar surface area (TPSA) is 56.5 Å². The van der Waals surface area contributed by atoms with Crippen LogP contribution in [-0.4, -0.2) is 27.2 Å². The fraction of sp³-hybridized carbons (Fsp3) is 0.235. The zero-order chi connectivity index (χ0) is 19.1. The summed E-state index contributed by atoms with van der Waals surface area (Å²) in [7, 11) is 0. The number of aromatic nitrogens is 3. The molecule has 2 heterocycles. The number of aryl methyl sites for hydroxylation is 1. The lowest BCUT2D eigenvalue weighted by Crippen LogP contribution is -2.14. The van der Waals surface area contributed by atoms with E-state index in [0.29, 0.717) is 10.1 Å². The highest BCUT2D eigenvalue weighted by atomic mass is 35.5. The minimum absolute atomic E-state index is 0.0389. The first-order valence-electron chi connectivity index (χ1n) is 7.63. The standard InChI is InChI=1S/C17H13ClF3N3O2/c1-3-26-16(25)14-13(18)15-22-11(10-6-4-9(2)5-7-10)8-12(17(19,20)21)24(15)23-14/h4-8H,3H2,1-2H3. The van der Waals surface area contributed by atoms with Crippen LogP contribution in [0.15, 0.2) is 30.3 Å². The fourth-order valence-corrected chi connectivity index (χ4v) is 2.63. The van der Waals surface area contributed by atoms with Crippen LogP contribution in [0.3, 0.4) is 0 Å². The molecule has 26 heavy (non-hydrogen) atoms. The first-order valence-corrected chi connectivity index (χ1v) is 8.00. The van der Waals surface area contributed by atoms with Gasteiger partial charge in [-0.3, -0.25) is 0 Å². The molecule has 0 atom stereocenters. The first-order chi connectivity index (χ1) is 12.2. The highest BCUT2D eigenvalue weighted by molar-refractivity contribution is 6.36. The number of nitrogens with zero attached hydrogens (tertiary/aromatic N) is 3. The molecule has 0 N–H and O–H groups in total. The second kappa shape index (κ2) is 6.60. The maximum Gasteiger partial charge on any atom is 0.433 e. The number of carbonyl (C=O) groups excluding carboxylic acids is 1. The number of esters is 1. The van der Waals surface area contributed by atoms with Crippen LogP contribution in [0.25, 0.3) is 16.9 Å². The van der Waals surface area contributed by atoms with E-state index in [0.717, 1.165) is 11.6 Å². The summed E-state index contributed by atoms with van der Waals surface area (Å²) in [6.07, 6.45) is -4.72. The van der Waals surface area contributed by atoms with E-state index in [9.17, 15) is 18.0 Å². The van der Waals surface area contributed by atoms with Gasteiger partial charge in [0.1, 0.15) is 5.02 Å². The third-order valence-corrected chi connectivity index (χ3v) is 3.99. The number of benzene rings is 1. The van der Waals surface area contributed by atoms with Gasteiger partial charge in [-0.2, -0.15) is 18.3 Å². The van der Waals surface area contributed by atoms with Crippen LogP contribution in [0.2, 0.25) is 5.02 Å². The largest absolute Gasteiger partial charge is 0.461 e. The van der Waals surface area contributed by atoms with Gasteiger partial charge in [-0.25, -0.2) is 14.3 Å². The summed E-state index contributed by atoms with van der Waals surface area (Å²) in [6.45, 7) is 3.47. The van der Waals surface area contributed by atoms with Crippen LogP contribution in [0.5, 0.6) is 0 Å². The van der Waals surface area contributed by atoms with Crippen molar-refractivity contribution in [3.8, 4) is 11.3 Å². The Morgan fingerprint density at radius 1 is 1.27 bits per heavy atom. The van der Waals surface area contributed by atoms with Crippen molar-refractivity contribution in [2.45, 2.75) is 20.0 Å². The summed E-state index contributed by atoms with van der Waals surface area (Å²) in [5.41, 5.74) is -0.248. The van der Waals surface area contributed by atoms with Gasteiger partial charge in [-0.05, 0) is 19.9 Å². The molecule has 0 bridgehead atoms. The average molecular weight is 384 g/mol. The lowest BCUT2D eigenvalue weighted by molar-refractivity contribution is -0.142. The van der Waals surface area contributed by atoms with Crippen molar-refractivity contribution in [2.24, 2.45) is 0 Å². The zero-order valence-electron chi connectivity index (χ0n) is 13.8. The van der Waals surface area contributed by atoms with Gasteiger partial charge in [0.05, 0.1) is 12.3 Å². The van der Waals surface area contributed by atoms with Gasteiger partial charge in [0, 0.05) is 5.56 Å². The van der Waals surface area contributed by atoms with Crippen molar-refractivity contribution in [1.82, 2.24) is 14.6 Å². The Hall–Kier alpha value is -2.61. The monoisotopic (exact) mass is 383 g/mol. The Bertz CT molecular complexity index is 982. The van der Waals surface area contributed by atoms with Gasteiger partial charge in [0.2, 0.25) is 0 Å². The highest BCUT2D eigenvalue weighted by Crippen LogP contribution is 2.34. The minimum Gasteiger partial charge on any atom is -0.461 e. The molecule has 0 radical (unpaired) electrons. The third kappa shape index (κ3) is 3.24. The normalized spacial score (nSPS) is 11.8. The van der Waals surface area contributed by atoms with E-state index in [4.69, 9.17) is 16.3 Å². The van der Waals surface area contributed by atoms with E-state index in [-0.39, 0.29) is 23.0 Å². The molecule has 5 nitrogen and oxygen atoms in total. The number of hydrogen-bond donors (Lipinski definition) is 0. The zero-order valence-corrected chi connectivity index (χ0v) is 14.5. The van der Waals surface area contributed by atoms with Gasteiger partial charge < -0.3 is 4.74 Å². The molecule has 0 fully saturated rings. The molecule has 0 spiro atoms. The highest BCUT2D eigenvalue weighted by Gasteiger charge is 2.36. The van der Waals surface area contributed by atoms with Gasteiger partial charge in [-0.15, -0.1) is 0 Å². The molecule has 2 aromatic heterocycles. The van der Waals surface area contributed by atoms with Crippen LogP contribution in [-0.2, 0) is 10.9 Å². The number of hydrogen-bond acceptors (Lipinski definition) is 4. The van der Waals surface area contributed by atoms with Crippen LogP contribution in [0.4, 0.5) is 13.2 Å². The van der Waals surface area contributed by atoms with E-state index in [1.54, 1.807) is 31.2 Å². The molecule has 0 saturated heterocycles. The van der Waals surface area contributed by atoms with Crippen molar-refractivity contribution < 1.29 is 22.7 Å². The lowest BCUT2D eigenvalue weighted by atomic mass is 10.1. The molecule has 0 aliphatic rings. The van der Waals surface area contributed by atoms with E-state index in [2.05, 4.69) is 10.1 Å². The van der Waals surface area contributed by atoms with E-state index >= 15 is 0 Å². The predicted octanol–water partition coefficient (Wildman–Crippen LogP) is 4.55. The number of fused-ring (bicyclic) bond motifs is 1. The van der Waals surface area contributed by atoms with Crippen LogP contribution < -0.4 is 0 Å². The summed E-state index contributed by atoms with van der Waals surface area (Å²) in [5, 5.41) is 3.38. The molecule has 0 amide bonds. The van der Waals surface area contributed by atoms with Gasteiger partial charge in [-0.1, -0.05) is 41.4 Å². The van der Waals surface area contributed by atoms with Crippen LogP contribution >= 0.6 is 11.6 Å². The van der Waals surface area contributed by atoms with Crippen molar-refractivity contribution >= 4 is 23.2 Å². The quantitative estimate of drug-likeness (QED) is 0.622. The molecule has 9 heteroatoms. The maximum atomic E-state index is 13.5. The SMILES string of the molecule is CCOC(=O)c1nn2c(C(F)(F)F)cc(-c3ccc(C)cc3)nc2c1Cl. The number of rotatable bonds is 3. The van der Waals surface area contributed by atoms with E-state index in [1.165, 1.54) is 0 Å². The summed E-state index contributed by atoms with van der Waals surface area (Å²) < 4.78 is 45.9. The molecular formula is C17H13ClF3N3O2. The lowest BCUT2D eigenvalue weighted by Gasteiger charge is -2.11. The summed E-state index contributed by atoms with van der Waals surface area (Å²) in [6, 6.07) is 7.71. The molecule has 0 unspecified atom stereocenters. The fourth-order valence-electron chi connectivity index (χ4n) is 2.40. The van der Waals surface area contributed by atoms with Crippen molar-refractivity contribution in [1.29, 1.82) is 0 Å². The van der Waals surface area contributed by atoms with E-state index in [1.807, 2.05) is 6.92 Å². The molecule has 136 valence electrons. The summed E-state index contributed by atoms with van der Waals surface area (Å²) in [4.78, 5) is 16.1. The third-order valence-electron chi connectivity index (χ3n) is 3.64. The van der Waals surface area contributed by atoms with E-state index < -0.39 is 23.5 Å². The predicted molar refractivity (Wildman–Crippen MR) is 89.1 cm³/mol. The summed E-state index contributed by atoms with van der Waals surface area (Å²) in [5.74, 6) is -0.909. The molecule has 1 aromatic carbocycles. The number of halogens is 4. The van der Waals surface area contributed by atoms with Gasteiger partial charge in [0.25, 0.3) is 0 Å². The minimum atomic E-state index is -4.72. The Balaban J connectivity index is 2.28. The molecule has 3 rings (SSSR count). The molecule has 0 saturated carbocycles. The Labute approximate surface area is 151 Å². The number of ether oxygens (including phenoxy) is 1. The van der Waals surface area contributed by atoms with Gasteiger partial charge in [0.15, 0.2) is 17.0 Å². The second-order valence-corrected chi connectivity index (χ2v) is 5.89. The van der Waals surface area contributed by atoms with Gasteiger partial charge >= 0.3 is 12.1 Å². The van der Waals surface area contributed by atoms with Crippen LogP contribution in [0, 0.1) is 6.92 Å². The van der Waals surface area contributed by atoms with Crippen LogP contribution in [0.1, 0.15) is 28.7 Å². The molecule has 0 aliphatic carbocycles. The maximum absolute atomic E-state index is 13.5. The Morgan fingerprint density at radius 2 is 1.92 bits per heavy atom. The number of carbonyl (C=O) groups is 1.